The number of benzene rings is 1. The minimum Gasteiger partial charge on any atom is -0.225 e. The highest BCUT2D eigenvalue weighted by Gasteiger charge is 2.20. The van der Waals surface area contributed by atoms with Crippen molar-refractivity contribution in [2.45, 2.75) is 31.1 Å². The first-order valence-corrected chi connectivity index (χ1v) is 6.37. The Morgan fingerprint density at radius 1 is 1.27 bits per heavy atom. The highest BCUT2D eigenvalue weighted by molar-refractivity contribution is 7.89. The van der Waals surface area contributed by atoms with Crippen molar-refractivity contribution in [3.05, 3.63) is 28.8 Å². The van der Waals surface area contributed by atoms with Gasteiger partial charge in [0.15, 0.2) is 0 Å². The van der Waals surface area contributed by atoms with Crippen molar-refractivity contribution in [3.8, 4) is 0 Å². The summed E-state index contributed by atoms with van der Waals surface area (Å²) >= 11 is 6.00. The second-order valence-electron chi connectivity index (χ2n) is 4.44. The van der Waals surface area contributed by atoms with Gasteiger partial charge in [-0.1, -0.05) is 32.4 Å². The molecule has 1 rings (SSSR count). The Bertz CT molecular complexity index is 475. The van der Waals surface area contributed by atoms with Gasteiger partial charge < -0.3 is 0 Å². The van der Waals surface area contributed by atoms with Crippen LogP contribution in [0.5, 0.6) is 0 Å². The Labute approximate surface area is 95.3 Å². The van der Waals surface area contributed by atoms with Gasteiger partial charge in [-0.15, -0.1) is 0 Å². The van der Waals surface area contributed by atoms with E-state index in [-0.39, 0.29) is 10.3 Å². The molecule has 15 heavy (non-hydrogen) atoms. The van der Waals surface area contributed by atoms with Gasteiger partial charge in [0.05, 0.1) is 4.90 Å². The number of primary sulfonamides is 1. The summed E-state index contributed by atoms with van der Waals surface area (Å²) in [5.41, 5.74) is 0.563. The topological polar surface area (TPSA) is 60.2 Å². The molecule has 0 amide bonds. The quantitative estimate of drug-likeness (QED) is 0.828. The molecule has 0 saturated carbocycles. The molecule has 84 valence electrons. The molecule has 0 aliphatic rings. The van der Waals surface area contributed by atoms with Crippen LogP contribution >= 0.6 is 11.6 Å². The maximum absolute atomic E-state index is 11.2. The Morgan fingerprint density at radius 3 is 2.20 bits per heavy atom. The fourth-order valence-corrected chi connectivity index (χ4v) is 2.20. The van der Waals surface area contributed by atoms with Crippen LogP contribution in [0.2, 0.25) is 5.02 Å². The summed E-state index contributed by atoms with van der Waals surface area (Å²) < 4.78 is 22.3. The van der Waals surface area contributed by atoms with Crippen molar-refractivity contribution in [1.82, 2.24) is 0 Å². The standard InChI is InChI=1S/C10H14ClNO2S/c1-10(2,3)8-6-7(15(12,13)14)4-5-9(8)11/h4-6H,1-3H3,(H2,12,13,14). The van der Waals surface area contributed by atoms with Crippen LogP contribution in [0.3, 0.4) is 0 Å². The molecular formula is C10H14ClNO2S. The van der Waals surface area contributed by atoms with E-state index in [1.54, 1.807) is 6.07 Å². The first kappa shape index (κ1) is 12.5. The first-order valence-electron chi connectivity index (χ1n) is 4.45. The number of sulfonamides is 1. The van der Waals surface area contributed by atoms with E-state index in [1.165, 1.54) is 12.1 Å². The molecule has 0 saturated heterocycles. The molecule has 0 bridgehead atoms. The molecule has 0 aliphatic heterocycles. The van der Waals surface area contributed by atoms with Crippen LogP contribution in [0.4, 0.5) is 0 Å². The zero-order valence-corrected chi connectivity index (χ0v) is 10.5. The van der Waals surface area contributed by atoms with Crippen molar-refractivity contribution >= 4 is 21.6 Å². The summed E-state index contributed by atoms with van der Waals surface area (Å²) in [5.74, 6) is 0. The molecule has 0 heterocycles. The maximum atomic E-state index is 11.2. The second kappa shape index (κ2) is 3.77. The predicted octanol–water partition coefficient (Wildman–Crippen LogP) is 2.28. The van der Waals surface area contributed by atoms with Crippen molar-refractivity contribution in [2.24, 2.45) is 5.14 Å². The Morgan fingerprint density at radius 2 is 1.80 bits per heavy atom. The molecule has 2 N–H and O–H groups in total. The third-order valence-electron chi connectivity index (χ3n) is 2.07. The molecule has 1 aromatic rings. The van der Waals surface area contributed by atoms with Crippen molar-refractivity contribution in [3.63, 3.8) is 0 Å². The number of rotatable bonds is 1. The summed E-state index contributed by atoms with van der Waals surface area (Å²) in [6.07, 6.45) is 0. The second-order valence-corrected chi connectivity index (χ2v) is 6.41. The number of halogens is 1. The van der Waals surface area contributed by atoms with Gasteiger partial charge in [-0.25, -0.2) is 13.6 Å². The fraction of sp³-hybridized carbons (Fsp3) is 0.400. The summed E-state index contributed by atoms with van der Waals surface area (Å²) in [6, 6.07) is 4.49. The highest BCUT2D eigenvalue weighted by atomic mass is 35.5. The van der Waals surface area contributed by atoms with Crippen LogP contribution in [-0.2, 0) is 15.4 Å². The molecule has 0 radical (unpaired) electrons. The van der Waals surface area contributed by atoms with E-state index in [0.29, 0.717) is 5.02 Å². The molecule has 5 heteroatoms. The molecule has 0 aliphatic carbocycles. The van der Waals surface area contributed by atoms with Crippen LogP contribution in [0, 0.1) is 0 Å². The number of hydrogen-bond acceptors (Lipinski definition) is 2. The van der Waals surface area contributed by atoms with Gasteiger partial charge >= 0.3 is 0 Å². The van der Waals surface area contributed by atoms with E-state index in [2.05, 4.69) is 0 Å². The Kier molecular flexibility index (Phi) is 3.14. The molecule has 1 aromatic carbocycles. The van der Waals surface area contributed by atoms with E-state index in [0.717, 1.165) is 5.56 Å². The monoisotopic (exact) mass is 247 g/mol. The van der Waals surface area contributed by atoms with Crippen LogP contribution in [0.25, 0.3) is 0 Å². The van der Waals surface area contributed by atoms with Gasteiger partial charge in [-0.05, 0) is 29.2 Å². The number of hydrogen-bond donors (Lipinski definition) is 1. The predicted molar refractivity (Wildman–Crippen MR) is 61.5 cm³/mol. The highest BCUT2D eigenvalue weighted by Crippen LogP contribution is 2.30. The first-order chi connectivity index (χ1) is 6.62. The van der Waals surface area contributed by atoms with Gasteiger partial charge in [0.2, 0.25) is 10.0 Å². The molecule has 3 nitrogen and oxygen atoms in total. The van der Waals surface area contributed by atoms with Crippen LogP contribution in [0.1, 0.15) is 26.3 Å². The fourth-order valence-electron chi connectivity index (χ4n) is 1.26. The lowest BCUT2D eigenvalue weighted by Crippen LogP contribution is -2.16. The molecule has 0 atom stereocenters. The maximum Gasteiger partial charge on any atom is 0.238 e. The summed E-state index contributed by atoms with van der Waals surface area (Å²) in [5, 5.41) is 5.60. The van der Waals surface area contributed by atoms with Crippen molar-refractivity contribution in [2.75, 3.05) is 0 Å². The van der Waals surface area contributed by atoms with Crippen LogP contribution in [-0.4, -0.2) is 8.42 Å². The third-order valence-corrected chi connectivity index (χ3v) is 3.31. The van der Waals surface area contributed by atoms with Crippen molar-refractivity contribution in [1.29, 1.82) is 0 Å². The number of nitrogens with two attached hydrogens (primary N) is 1. The van der Waals surface area contributed by atoms with Gasteiger partial charge in [0.1, 0.15) is 0 Å². The minimum atomic E-state index is -3.66. The van der Waals surface area contributed by atoms with Crippen LogP contribution < -0.4 is 5.14 Å². The SMILES string of the molecule is CC(C)(C)c1cc(S(N)(=O)=O)ccc1Cl. The summed E-state index contributed by atoms with van der Waals surface area (Å²) in [4.78, 5) is 0.0943. The molecule has 0 aromatic heterocycles. The third kappa shape index (κ3) is 2.93. The molecule has 0 spiro atoms. The Balaban J connectivity index is 3.43. The van der Waals surface area contributed by atoms with Crippen LogP contribution in [0.15, 0.2) is 23.1 Å². The van der Waals surface area contributed by atoms with Gasteiger partial charge in [-0.2, -0.15) is 0 Å². The average Bonchev–Trinajstić information content (AvgIpc) is 2.00. The van der Waals surface area contributed by atoms with Gasteiger partial charge in [0, 0.05) is 5.02 Å². The van der Waals surface area contributed by atoms with E-state index >= 15 is 0 Å². The molecule has 0 fully saturated rings. The molecule has 0 unspecified atom stereocenters. The average molecular weight is 248 g/mol. The summed E-state index contributed by atoms with van der Waals surface area (Å²) in [6.45, 7) is 5.88. The lowest BCUT2D eigenvalue weighted by molar-refractivity contribution is 0.584. The minimum absolute atomic E-state index is 0.0943. The smallest absolute Gasteiger partial charge is 0.225 e. The van der Waals surface area contributed by atoms with E-state index in [4.69, 9.17) is 16.7 Å². The van der Waals surface area contributed by atoms with E-state index in [1.807, 2.05) is 20.8 Å². The van der Waals surface area contributed by atoms with E-state index in [9.17, 15) is 8.42 Å². The summed E-state index contributed by atoms with van der Waals surface area (Å²) in [7, 11) is -3.66. The molecular weight excluding hydrogens is 234 g/mol. The lowest BCUT2D eigenvalue weighted by atomic mass is 9.87. The van der Waals surface area contributed by atoms with E-state index < -0.39 is 10.0 Å². The lowest BCUT2D eigenvalue weighted by Gasteiger charge is -2.21. The zero-order chi connectivity index (χ0) is 11.9. The zero-order valence-electron chi connectivity index (χ0n) is 8.91. The van der Waals surface area contributed by atoms with Crippen molar-refractivity contribution < 1.29 is 8.42 Å². The van der Waals surface area contributed by atoms with Gasteiger partial charge in [-0.3, -0.25) is 0 Å². The normalized spacial score (nSPS) is 12.9. The van der Waals surface area contributed by atoms with Gasteiger partial charge in [0.25, 0.3) is 0 Å². The largest absolute Gasteiger partial charge is 0.238 e. The Hall–Kier alpha value is -0.580.